The first kappa shape index (κ1) is 12.7. The fourth-order valence-corrected chi connectivity index (χ4v) is 0.498. The summed E-state index contributed by atoms with van der Waals surface area (Å²) < 4.78 is 19.6. The predicted octanol–water partition coefficient (Wildman–Crippen LogP) is 0.546. The molecular weight excluding hydrogens is 168 g/mol. The Balaban J connectivity index is 0. The van der Waals surface area contributed by atoms with Crippen molar-refractivity contribution in [3.63, 3.8) is 0 Å². The molecule has 0 heterocycles. The van der Waals surface area contributed by atoms with Crippen molar-refractivity contribution in [3.05, 3.63) is 12.7 Å². The minimum Gasteiger partial charge on any atom is -0.260 e. The van der Waals surface area contributed by atoms with E-state index in [0.29, 0.717) is 5.75 Å². The molecule has 0 rings (SSSR count). The fourth-order valence-electron chi connectivity index (χ4n) is 0.166. The molecule has 1 unspecified atom stereocenters. The van der Waals surface area contributed by atoms with Gasteiger partial charge >= 0.3 is 0 Å². The Morgan fingerprint density at radius 1 is 1.30 bits per heavy atom. The van der Waals surface area contributed by atoms with Gasteiger partial charge in [-0.1, -0.05) is 6.08 Å². The molecule has 0 aromatic heterocycles. The first-order chi connectivity index (χ1) is 4.50. The van der Waals surface area contributed by atoms with Crippen LogP contribution in [-0.2, 0) is 21.6 Å². The molecule has 2 nitrogen and oxygen atoms in total. The first-order valence-electron chi connectivity index (χ1n) is 2.66. The lowest BCUT2D eigenvalue weighted by Crippen LogP contribution is -1.86. The van der Waals surface area contributed by atoms with Crippen LogP contribution in [0.5, 0.6) is 0 Å². The molecule has 0 fully saturated rings. The molecule has 10 heavy (non-hydrogen) atoms. The van der Waals surface area contributed by atoms with Crippen LogP contribution in [0.4, 0.5) is 0 Å². The summed E-state index contributed by atoms with van der Waals surface area (Å²) in [5.41, 5.74) is 0. The van der Waals surface area contributed by atoms with Crippen molar-refractivity contribution >= 4 is 21.6 Å². The van der Waals surface area contributed by atoms with E-state index in [-0.39, 0.29) is 0 Å². The van der Waals surface area contributed by atoms with Crippen LogP contribution in [0.15, 0.2) is 12.7 Å². The van der Waals surface area contributed by atoms with E-state index < -0.39 is 21.6 Å². The van der Waals surface area contributed by atoms with Gasteiger partial charge in [0.25, 0.3) is 0 Å². The van der Waals surface area contributed by atoms with Gasteiger partial charge in [0.1, 0.15) is 0 Å². The van der Waals surface area contributed by atoms with Crippen LogP contribution in [0.25, 0.3) is 0 Å². The summed E-state index contributed by atoms with van der Waals surface area (Å²) in [4.78, 5) is 0. The Kier molecular flexibility index (Phi) is 11.5. The average Bonchev–Trinajstić information content (AvgIpc) is 1.62. The molecule has 0 aliphatic carbocycles. The van der Waals surface area contributed by atoms with Crippen molar-refractivity contribution < 1.29 is 8.42 Å². The van der Waals surface area contributed by atoms with Crippen molar-refractivity contribution in [2.24, 2.45) is 0 Å². The zero-order chi connectivity index (χ0) is 8.57. The minimum absolute atomic E-state index is 0.611. The Hall–Kier alpha value is 0.0400. The van der Waals surface area contributed by atoms with E-state index in [1.54, 1.807) is 24.8 Å². The van der Waals surface area contributed by atoms with Gasteiger partial charge in [-0.2, -0.15) is 0 Å². The molecule has 0 radical (unpaired) electrons. The molecule has 0 amide bonds. The van der Waals surface area contributed by atoms with Crippen molar-refractivity contribution in [1.82, 2.24) is 0 Å². The quantitative estimate of drug-likeness (QED) is 0.584. The van der Waals surface area contributed by atoms with E-state index in [1.165, 1.54) is 0 Å². The summed E-state index contributed by atoms with van der Waals surface area (Å²) >= 11 is 0. The maximum absolute atomic E-state index is 10.1. The highest BCUT2D eigenvalue weighted by Crippen LogP contribution is 1.70. The van der Waals surface area contributed by atoms with Crippen molar-refractivity contribution in [2.75, 3.05) is 24.5 Å². The van der Waals surface area contributed by atoms with Crippen molar-refractivity contribution in [1.29, 1.82) is 0 Å². The van der Waals surface area contributed by atoms with Crippen molar-refractivity contribution in [3.8, 4) is 0 Å². The Morgan fingerprint density at radius 3 is 1.60 bits per heavy atom. The van der Waals surface area contributed by atoms with E-state index in [2.05, 4.69) is 6.58 Å². The topological polar surface area (TPSA) is 34.1 Å². The standard InChI is InChI=1S/C4H8OS.C2H6OS/c1-3-4-6(2)5;1-4(2)3/h3H,1,4H2,2H3;1-2H3. The largest absolute Gasteiger partial charge is 0.260 e. The normalized spacial score (nSPS) is 11.6. The van der Waals surface area contributed by atoms with E-state index in [0.717, 1.165) is 0 Å². The van der Waals surface area contributed by atoms with Gasteiger partial charge in [-0.25, -0.2) is 0 Å². The smallest absolute Gasteiger partial charge is 0.0409 e. The highest BCUT2D eigenvalue weighted by atomic mass is 32.2. The second-order valence-corrected chi connectivity index (χ2v) is 4.73. The van der Waals surface area contributed by atoms with Crippen LogP contribution in [-0.4, -0.2) is 32.9 Å². The van der Waals surface area contributed by atoms with Gasteiger partial charge in [0.05, 0.1) is 0 Å². The summed E-state index contributed by atoms with van der Waals surface area (Å²) in [7, 11) is -1.29. The van der Waals surface area contributed by atoms with Gasteiger partial charge in [0.15, 0.2) is 0 Å². The molecular formula is C6H14O2S2. The third kappa shape index (κ3) is 43.1. The molecule has 0 aliphatic rings. The fraction of sp³-hybridized carbons (Fsp3) is 0.667. The van der Waals surface area contributed by atoms with E-state index >= 15 is 0 Å². The van der Waals surface area contributed by atoms with E-state index in [9.17, 15) is 8.42 Å². The predicted molar refractivity (Wildman–Crippen MR) is 49.1 cm³/mol. The van der Waals surface area contributed by atoms with Gasteiger partial charge in [-0.3, -0.25) is 8.42 Å². The molecule has 0 aromatic carbocycles. The maximum Gasteiger partial charge on any atom is 0.0409 e. The van der Waals surface area contributed by atoms with Gasteiger partial charge in [0, 0.05) is 46.1 Å². The molecule has 0 saturated heterocycles. The third-order valence-corrected chi connectivity index (χ3v) is 1.06. The lowest BCUT2D eigenvalue weighted by Gasteiger charge is -1.77. The zero-order valence-electron chi connectivity index (χ0n) is 6.62. The monoisotopic (exact) mass is 182 g/mol. The van der Waals surface area contributed by atoms with Crippen molar-refractivity contribution in [2.45, 2.75) is 0 Å². The van der Waals surface area contributed by atoms with E-state index in [4.69, 9.17) is 0 Å². The number of hydrogen-bond acceptors (Lipinski definition) is 2. The molecule has 0 aliphatic heterocycles. The Morgan fingerprint density at radius 2 is 1.60 bits per heavy atom. The molecule has 4 heteroatoms. The van der Waals surface area contributed by atoms with Gasteiger partial charge in [-0.05, 0) is 0 Å². The van der Waals surface area contributed by atoms with Crippen LogP contribution in [0.2, 0.25) is 0 Å². The summed E-state index contributed by atoms with van der Waals surface area (Å²) in [6, 6.07) is 0. The van der Waals surface area contributed by atoms with Crippen LogP contribution in [0.3, 0.4) is 0 Å². The first-order valence-corrected chi connectivity index (χ1v) is 6.36. The lowest BCUT2D eigenvalue weighted by molar-refractivity contribution is 0.688. The molecule has 0 N–H and O–H groups in total. The number of hydrogen-bond donors (Lipinski definition) is 0. The molecule has 0 spiro atoms. The van der Waals surface area contributed by atoms with Crippen LogP contribution < -0.4 is 0 Å². The Labute approximate surface area is 67.6 Å². The maximum atomic E-state index is 10.1. The molecule has 0 aromatic rings. The second kappa shape index (κ2) is 9.04. The highest BCUT2D eigenvalue weighted by molar-refractivity contribution is 7.84. The van der Waals surface area contributed by atoms with Crippen LogP contribution in [0, 0.1) is 0 Å². The summed E-state index contributed by atoms with van der Waals surface area (Å²) in [6.45, 7) is 3.41. The molecule has 0 bridgehead atoms. The molecule has 62 valence electrons. The summed E-state index contributed by atoms with van der Waals surface area (Å²) in [5.74, 6) is 0.611. The van der Waals surface area contributed by atoms with Crippen LogP contribution >= 0.6 is 0 Å². The SMILES string of the molecule is C=CCS(C)=O.CS(C)=O. The van der Waals surface area contributed by atoms with Gasteiger partial charge in [-0.15, -0.1) is 6.58 Å². The summed E-state index contributed by atoms with van der Waals surface area (Å²) in [5, 5.41) is 0. The minimum atomic E-state index is -0.684. The van der Waals surface area contributed by atoms with E-state index in [1.807, 2.05) is 0 Å². The molecule has 1 atom stereocenters. The van der Waals surface area contributed by atoms with Gasteiger partial charge in [0.2, 0.25) is 0 Å². The second-order valence-electron chi connectivity index (χ2n) is 1.77. The van der Waals surface area contributed by atoms with Gasteiger partial charge < -0.3 is 0 Å². The Bertz CT molecular complexity index is 128. The third-order valence-electron chi connectivity index (χ3n) is 0.353. The highest BCUT2D eigenvalue weighted by Gasteiger charge is 1.76. The summed E-state index contributed by atoms with van der Waals surface area (Å²) in [6.07, 6.45) is 6.58. The lowest BCUT2D eigenvalue weighted by atomic mass is 10.8. The molecule has 0 saturated carbocycles. The number of rotatable bonds is 2. The zero-order valence-corrected chi connectivity index (χ0v) is 8.26. The van der Waals surface area contributed by atoms with Crippen LogP contribution in [0.1, 0.15) is 0 Å². The average molecular weight is 182 g/mol.